The van der Waals surface area contributed by atoms with Crippen molar-refractivity contribution in [1.82, 2.24) is 4.90 Å². The lowest BCUT2D eigenvalue weighted by Crippen LogP contribution is -2.49. The monoisotopic (exact) mass is 583 g/mol. The van der Waals surface area contributed by atoms with E-state index >= 15 is 0 Å². The lowest BCUT2D eigenvalue weighted by Gasteiger charge is -2.41. The highest BCUT2D eigenvalue weighted by molar-refractivity contribution is 7.86. The van der Waals surface area contributed by atoms with Gasteiger partial charge in [-0.05, 0) is 56.1 Å². The Balaban J connectivity index is 0.000000211. The summed E-state index contributed by atoms with van der Waals surface area (Å²) in [5.41, 5.74) is 1.05. The van der Waals surface area contributed by atoms with Gasteiger partial charge >= 0.3 is 5.97 Å². The first kappa shape index (κ1) is 30.6. The second-order valence-corrected chi connectivity index (χ2v) is 12.2. The molecule has 2 aliphatic rings. The third-order valence-corrected chi connectivity index (χ3v) is 9.26. The molecule has 4 N–H and O–H groups in total. The molecule has 5 rings (SSSR count). The molecule has 2 saturated heterocycles. The average Bonchev–Trinajstić information content (AvgIpc) is 3.09. The molecule has 0 radical (unpaired) electrons. The molecule has 2 fully saturated rings. The van der Waals surface area contributed by atoms with Gasteiger partial charge in [0.1, 0.15) is 15.6 Å². The van der Waals surface area contributed by atoms with Crippen molar-refractivity contribution >= 4 is 37.0 Å². The van der Waals surface area contributed by atoms with E-state index in [0.29, 0.717) is 6.04 Å². The van der Waals surface area contributed by atoms with Gasteiger partial charge in [0, 0.05) is 28.8 Å². The van der Waals surface area contributed by atoms with Crippen LogP contribution in [0.15, 0.2) is 70.5 Å². The highest BCUT2D eigenvalue weighted by Crippen LogP contribution is 2.46. The van der Waals surface area contributed by atoms with Crippen LogP contribution < -0.4 is 0 Å². The smallest absolute Gasteiger partial charge is 0.310 e. The third kappa shape index (κ3) is 6.29. The minimum Gasteiger partial charge on any atom is -0.469 e. The van der Waals surface area contributed by atoms with Gasteiger partial charge in [-0.1, -0.05) is 36.4 Å². The molecule has 3 aromatic rings. The van der Waals surface area contributed by atoms with E-state index in [2.05, 4.69) is 11.9 Å². The van der Waals surface area contributed by atoms with E-state index in [1.165, 1.54) is 43.5 Å². The Morgan fingerprint density at radius 1 is 0.897 bits per heavy atom. The number of piperidine rings is 1. The van der Waals surface area contributed by atoms with Crippen LogP contribution in [-0.4, -0.2) is 68.5 Å². The Morgan fingerprint density at radius 3 is 1.87 bits per heavy atom. The van der Waals surface area contributed by atoms with Gasteiger partial charge in [0.15, 0.2) is 0 Å². The molecule has 0 aromatic heterocycles. The molecule has 212 valence electrons. The maximum absolute atomic E-state index is 13.1. The first-order valence-corrected chi connectivity index (χ1v) is 14.7. The van der Waals surface area contributed by atoms with Gasteiger partial charge in [-0.25, -0.2) is 4.39 Å². The Morgan fingerprint density at radius 2 is 1.41 bits per heavy atom. The lowest BCUT2D eigenvalue weighted by atomic mass is 9.76. The predicted molar refractivity (Wildman–Crippen MR) is 141 cm³/mol. The number of fused-ring (bicyclic) bond motifs is 3. The highest BCUT2D eigenvalue weighted by Gasteiger charge is 2.49. The van der Waals surface area contributed by atoms with Crippen LogP contribution in [-0.2, 0) is 29.8 Å². The van der Waals surface area contributed by atoms with Crippen molar-refractivity contribution < 1.29 is 45.3 Å². The number of carbonyl (C=O) groups excluding carboxylic acids is 1. The molecule has 2 heterocycles. The van der Waals surface area contributed by atoms with Crippen molar-refractivity contribution in [3.8, 4) is 0 Å². The lowest BCUT2D eigenvalue weighted by molar-refractivity contribution is -0.150. The maximum atomic E-state index is 13.1. The van der Waals surface area contributed by atoms with Crippen molar-refractivity contribution in [2.45, 2.75) is 47.1 Å². The summed E-state index contributed by atoms with van der Waals surface area (Å²) in [5.74, 6) is -0.387. The van der Waals surface area contributed by atoms with Crippen LogP contribution in [0.25, 0.3) is 10.8 Å². The molecule has 0 saturated carbocycles. The molecule has 39 heavy (non-hydrogen) atoms. The van der Waals surface area contributed by atoms with E-state index in [9.17, 15) is 26.0 Å². The Bertz CT molecular complexity index is 1490. The fourth-order valence-electron chi connectivity index (χ4n) is 5.68. The van der Waals surface area contributed by atoms with Crippen LogP contribution in [0.2, 0.25) is 0 Å². The topological polar surface area (TPSA) is 170 Å². The Hall–Kier alpha value is -2.94. The normalized spacial score (nSPS) is 22.9. The summed E-state index contributed by atoms with van der Waals surface area (Å²) in [4.78, 5) is 13.7. The molecular weight excluding hydrogens is 553 g/mol. The number of carbonyl (C=O) groups is 1. The zero-order valence-corrected chi connectivity index (χ0v) is 22.8. The van der Waals surface area contributed by atoms with E-state index in [1.54, 1.807) is 12.1 Å². The molecule has 4 atom stereocenters. The second kappa shape index (κ2) is 11.7. The second-order valence-electron chi connectivity index (χ2n) is 9.46. The van der Waals surface area contributed by atoms with Gasteiger partial charge in [-0.3, -0.25) is 18.8 Å². The van der Waals surface area contributed by atoms with Crippen LogP contribution in [0.5, 0.6) is 0 Å². The Labute approximate surface area is 226 Å². The SMILES string of the molecule is COC(=O)[C@H]1[C@@H](c2ccc(F)cc2)C[C@@H]2CC[C@H]1N2C.O.O=S(=O)(O)c1cccc2c(S(=O)(=O)O)cccc12. The van der Waals surface area contributed by atoms with Crippen molar-refractivity contribution in [3.63, 3.8) is 0 Å². The molecule has 10 nitrogen and oxygen atoms in total. The number of esters is 1. The molecule has 13 heteroatoms. The summed E-state index contributed by atoms with van der Waals surface area (Å²) in [6.45, 7) is 0. The number of hydrogen-bond donors (Lipinski definition) is 2. The molecule has 0 aliphatic carbocycles. The number of rotatable bonds is 4. The van der Waals surface area contributed by atoms with Crippen LogP contribution in [0.4, 0.5) is 4.39 Å². The third-order valence-electron chi connectivity index (χ3n) is 7.44. The quantitative estimate of drug-likeness (QED) is 0.346. The Kier molecular flexibility index (Phi) is 9.15. The van der Waals surface area contributed by atoms with Gasteiger partial charge in [-0.15, -0.1) is 0 Å². The minimum absolute atomic E-state index is 0. The molecule has 0 amide bonds. The number of methoxy groups -OCH3 is 1. The molecule has 2 aliphatic heterocycles. The fourth-order valence-corrected chi connectivity index (χ4v) is 7.09. The van der Waals surface area contributed by atoms with Crippen LogP contribution in [0, 0.1) is 11.7 Å². The van der Waals surface area contributed by atoms with Gasteiger partial charge < -0.3 is 10.2 Å². The fraction of sp³-hybridized carbons (Fsp3) is 0.346. The van der Waals surface area contributed by atoms with Gasteiger partial charge in [0.25, 0.3) is 20.2 Å². The molecule has 0 spiro atoms. The number of halogens is 1. The standard InChI is InChI=1S/C16H20FNO2.C10H8O6S2.H2O/c1-18-12-7-8-14(18)15(16(19)20-2)13(9-12)10-3-5-11(17)6-4-10;11-17(12,13)9-5-1-3-7-8(9)4-2-6-10(7)18(14,15)16;/h3-6,12-15H,7-9H2,1-2H3;1-6H,(H,11,12,13)(H,14,15,16);1H2/t12-,13+,14+,15-;;/m0../s1. The molecule has 3 aromatic carbocycles. The number of ether oxygens (including phenoxy) is 1. The van der Waals surface area contributed by atoms with Crippen LogP contribution in [0.3, 0.4) is 0 Å². The number of benzene rings is 3. The van der Waals surface area contributed by atoms with Crippen LogP contribution >= 0.6 is 0 Å². The first-order valence-electron chi connectivity index (χ1n) is 11.8. The van der Waals surface area contributed by atoms with E-state index < -0.39 is 30.0 Å². The van der Waals surface area contributed by atoms with Crippen LogP contribution in [0.1, 0.15) is 30.7 Å². The van der Waals surface area contributed by atoms with Gasteiger partial charge in [-0.2, -0.15) is 16.8 Å². The van der Waals surface area contributed by atoms with Gasteiger partial charge in [0.05, 0.1) is 13.0 Å². The largest absolute Gasteiger partial charge is 0.469 e. The van der Waals surface area contributed by atoms with Gasteiger partial charge in [0.2, 0.25) is 0 Å². The zero-order chi connectivity index (χ0) is 27.8. The first-order chi connectivity index (χ1) is 17.8. The summed E-state index contributed by atoms with van der Waals surface area (Å²) >= 11 is 0. The number of nitrogens with zero attached hydrogens (tertiary/aromatic N) is 1. The average molecular weight is 584 g/mol. The predicted octanol–water partition coefficient (Wildman–Crippen LogP) is 3.07. The van der Waals surface area contributed by atoms with E-state index in [1.807, 2.05) is 0 Å². The molecular formula is C26H30FNO9S2. The maximum Gasteiger partial charge on any atom is 0.310 e. The summed E-state index contributed by atoms with van der Waals surface area (Å²) in [5, 5.41) is 0.0465. The summed E-state index contributed by atoms with van der Waals surface area (Å²) in [7, 11) is -5.39. The van der Waals surface area contributed by atoms with E-state index in [0.717, 1.165) is 37.0 Å². The van der Waals surface area contributed by atoms with Crippen molar-refractivity contribution in [2.75, 3.05) is 14.2 Å². The van der Waals surface area contributed by atoms with Crippen molar-refractivity contribution in [3.05, 3.63) is 72.0 Å². The molecule has 0 unspecified atom stereocenters. The number of hydrogen-bond acceptors (Lipinski definition) is 7. The van der Waals surface area contributed by atoms with E-state index in [-0.39, 0.29) is 45.9 Å². The zero-order valence-electron chi connectivity index (χ0n) is 21.2. The summed E-state index contributed by atoms with van der Waals surface area (Å²) in [6, 6.07) is 14.9. The minimum atomic E-state index is -4.47. The van der Waals surface area contributed by atoms with Crippen molar-refractivity contribution in [1.29, 1.82) is 0 Å². The highest BCUT2D eigenvalue weighted by atomic mass is 32.2. The molecule has 2 bridgehead atoms. The summed E-state index contributed by atoms with van der Waals surface area (Å²) in [6.07, 6.45) is 3.11. The van der Waals surface area contributed by atoms with E-state index in [4.69, 9.17) is 13.8 Å². The van der Waals surface area contributed by atoms with Crippen molar-refractivity contribution in [2.24, 2.45) is 5.92 Å². The summed E-state index contributed by atoms with van der Waals surface area (Å²) < 4.78 is 80.8.